The fraction of sp³-hybridized carbons (Fsp3) is 0.421. The highest BCUT2D eigenvalue weighted by Gasteiger charge is 2.44. The van der Waals surface area contributed by atoms with Crippen LogP contribution in [0.5, 0.6) is 0 Å². The molecule has 2 aliphatic rings. The van der Waals surface area contributed by atoms with Crippen LogP contribution in [0, 0.1) is 5.92 Å². The number of aromatic nitrogens is 1. The van der Waals surface area contributed by atoms with Gasteiger partial charge in [0.05, 0.1) is 17.3 Å². The molecule has 0 N–H and O–H groups in total. The van der Waals surface area contributed by atoms with Gasteiger partial charge in [0.2, 0.25) is 5.91 Å². The van der Waals surface area contributed by atoms with Crippen molar-refractivity contribution >= 4 is 34.5 Å². The molecule has 3 heterocycles. The minimum Gasteiger partial charge on any atom is -0.337 e. The molecule has 2 atom stereocenters. The summed E-state index contributed by atoms with van der Waals surface area (Å²) in [7, 11) is 0. The SMILES string of the molecule is CSCC(=O)N1CC[C@@H]2CN(C(=O)c3ccc4cccnc4c3)C[C@@H]21. The summed E-state index contributed by atoms with van der Waals surface area (Å²) in [6.07, 6.45) is 4.68. The van der Waals surface area contributed by atoms with Crippen LogP contribution in [0.25, 0.3) is 10.9 Å². The zero-order chi connectivity index (χ0) is 17.4. The minimum absolute atomic E-state index is 0.0409. The number of rotatable bonds is 3. The molecule has 0 radical (unpaired) electrons. The minimum atomic E-state index is 0.0409. The molecule has 0 aliphatic carbocycles. The first kappa shape index (κ1) is 16.4. The molecule has 2 aliphatic heterocycles. The Morgan fingerprint density at radius 1 is 1.28 bits per heavy atom. The summed E-state index contributed by atoms with van der Waals surface area (Å²) in [5, 5.41) is 1.03. The molecule has 2 aromatic rings. The van der Waals surface area contributed by atoms with Crippen molar-refractivity contribution in [1.82, 2.24) is 14.8 Å². The fourth-order valence-electron chi connectivity index (χ4n) is 4.03. The van der Waals surface area contributed by atoms with Gasteiger partial charge in [0, 0.05) is 42.7 Å². The van der Waals surface area contributed by atoms with Crippen LogP contribution in [-0.4, -0.2) is 64.3 Å². The number of hydrogen-bond donors (Lipinski definition) is 0. The van der Waals surface area contributed by atoms with E-state index in [0.717, 1.165) is 30.4 Å². The number of carbonyl (C=O) groups is 2. The number of benzene rings is 1. The van der Waals surface area contributed by atoms with E-state index in [1.165, 1.54) is 0 Å². The van der Waals surface area contributed by atoms with Crippen LogP contribution < -0.4 is 0 Å². The number of hydrogen-bond acceptors (Lipinski definition) is 4. The number of thioether (sulfide) groups is 1. The number of pyridine rings is 1. The van der Waals surface area contributed by atoms with E-state index in [4.69, 9.17) is 0 Å². The van der Waals surface area contributed by atoms with E-state index in [-0.39, 0.29) is 17.9 Å². The van der Waals surface area contributed by atoms with Crippen LogP contribution >= 0.6 is 11.8 Å². The van der Waals surface area contributed by atoms with E-state index in [9.17, 15) is 9.59 Å². The normalized spacial score (nSPS) is 22.4. The van der Waals surface area contributed by atoms with Crippen LogP contribution in [0.4, 0.5) is 0 Å². The maximum atomic E-state index is 12.9. The molecule has 0 unspecified atom stereocenters. The molecule has 6 heteroatoms. The second-order valence-corrected chi connectivity index (χ2v) is 7.62. The summed E-state index contributed by atoms with van der Waals surface area (Å²) in [5.41, 5.74) is 1.51. The largest absolute Gasteiger partial charge is 0.337 e. The average molecular weight is 355 g/mol. The highest BCUT2D eigenvalue weighted by molar-refractivity contribution is 7.99. The fourth-order valence-corrected chi connectivity index (χ4v) is 4.44. The van der Waals surface area contributed by atoms with E-state index >= 15 is 0 Å². The van der Waals surface area contributed by atoms with Gasteiger partial charge in [-0.15, -0.1) is 0 Å². The first-order valence-electron chi connectivity index (χ1n) is 8.60. The molecule has 25 heavy (non-hydrogen) atoms. The first-order chi connectivity index (χ1) is 12.2. The van der Waals surface area contributed by atoms with Gasteiger partial charge >= 0.3 is 0 Å². The standard InChI is InChI=1S/C19H21N3O2S/c1-25-12-18(23)22-8-6-15-10-21(11-17(15)22)19(24)14-5-4-13-3-2-7-20-16(13)9-14/h2-5,7,9,15,17H,6,8,10-12H2,1H3/t15-,17+/m1/s1. The third kappa shape index (κ3) is 2.99. The van der Waals surface area contributed by atoms with Crippen molar-refractivity contribution < 1.29 is 9.59 Å². The van der Waals surface area contributed by atoms with E-state index in [1.807, 2.05) is 46.4 Å². The van der Waals surface area contributed by atoms with Gasteiger partial charge in [0.1, 0.15) is 0 Å². The van der Waals surface area contributed by atoms with Gasteiger partial charge in [-0.1, -0.05) is 12.1 Å². The predicted octanol–water partition coefficient (Wildman–Crippen LogP) is 2.27. The lowest BCUT2D eigenvalue weighted by Crippen LogP contribution is -2.41. The first-order valence-corrected chi connectivity index (χ1v) is 9.99. The predicted molar refractivity (Wildman–Crippen MR) is 99.6 cm³/mol. The smallest absolute Gasteiger partial charge is 0.254 e. The summed E-state index contributed by atoms with van der Waals surface area (Å²) in [6.45, 7) is 2.22. The van der Waals surface area contributed by atoms with Crippen LogP contribution in [0.1, 0.15) is 16.8 Å². The Morgan fingerprint density at radius 3 is 3.00 bits per heavy atom. The van der Waals surface area contributed by atoms with Crippen molar-refractivity contribution in [2.75, 3.05) is 31.6 Å². The number of fused-ring (bicyclic) bond motifs is 2. The van der Waals surface area contributed by atoms with E-state index in [2.05, 4.69) is 4.98 Å². The molecular formula is C19H21N3O2S. The molecule has 0 spiro atoms. The van der Waals surface area contributed by atoms with Gasteiger partial charge in [-0.05, 0) is 30.9 Å². The van der Waals surface area contributed by atoms with Crippen molar-refractivity contribution in [2.45, 2.75) is 12.5 Å². The molecule has 0 bridgehead atoms. The summed E-state index contributed by atoms with van der Waals surface area (Å²) >= 11 is 1.56. The number of nitrogens with zero attached hydrogens (tertiary/aromatic N) is 3. The zero-order valence-corrected chi connectivity index (χ0v) is 15.0. The molecule has 2 fully saturated rings. The topological polar surface area (TPSA) is 53.5 Å². The molecular weight excluding hydrogens is 334 g/mol. The summed E-state index contributed by atoms with van der Waals surface area (Å²) in [6, 6.07) is 9.75. The lowest BCUT2D eigenvalue weighted by Gasteiger charge is -2.25. The average Bonchev–Trinajstić information content (AvgIpc) is 3.21. The third-order valence-corrected chi connectivity index (χ3v) is 5.81. The van der Waals surface area contributed by atoms with Crippen molar-refractivity contribution in [2.24, 2.45) is 5.92 Å². The lowest BCUT2D eigenvalue weighted by atomic mass is 10.1. The molecule has 1 aromatic carbocycles. The number of likely N-dealkylation sites (tertiary alicyclic amines) is 2. The van der Waals surface area contributed by atoms with Crippen LogP contribution in [0.3, 0.4) is 0 Å². The Hall–Kier alpha value is -2.08. The Balaban J connectivity index is 1.51. The Bertz CT molecular complexity index is 825. The van der Waals surface area contributed by atoms with Gasteiger partial charge in [0.15, 0.2) is 0 Å². The molecule has 1 aromatic heterocycles. The molecule has 2 saturated heterocycles. The molecule has 0 saturated carbocycles. The van der Waals surface area contributed by atoms with Crippen LogP contribution in [-0.2, 0) is 4.79 Å². The monoisotopic (exact) mass is 355 g/mol. The second-order valence-electron chi connectivity index (χ2n) is 6.76. The van der Waals surface area contributed by atoms with Gasteiger partial charge in [-0.3, -0.25) is 14.6 Å². The molecule has 130 valence electrons. The zero-order valence-electron chi connectivity index (χ0n) is 14.2. The van der Waals surface area contributed by atoms with E-state index in [1.54, 1.807) is 18.0 Å². The van der Waals surface area contributed by atoms with Gasteiger partial charge in [-0.2, -0.15) is 11.8 Å². The van der Waals surface area contributed by atoms with Gasteiger partial charge in [0.25, 0.3) is 5.91 Å². The molecule has 4 rings (SSSR count). The van der Waals surface area contributed by atoms with E-state index in [0.29, 0.717) is 23.8 Å². The number of amides is 2. The van der Waals surface area contributed by atoms with E-state index < -0.39 is 0 Å². The molecule has 5 nitrogen and oxygen atoms in total. The quantitative estimate of drug-likeness (QED) is 0.848. The van der Waals surface area contributed by atoms with Crippen molar-refractivity contribution in [3.8, 4) is 0 Å². The highest BCUT2D eigenvalue weighted by Crippen LogP contribution is 2.32. The molecule has 2 amide bonds. The summed E-state index contributed by atoms with van der Waals surface area (Å²) in [5.74, 6) is 1.17. The Labute approximate surface area is 151 Å². The highest BCUT2D eigenvalue weighted by atomic mass is 32.2. The van der Waals surface area contributed by atoms with Crippen molar-refractivity contribution in [1.29, 1.82) is 0 Å². The second kappa shape index (κ2) is 6.67. The lowest BCUT2D eigenvalue weighted by molar-refractivity contribution is -0.129. The van der Waals surface area contributed by atoms with Gasteiger partial charge < -0.3 is 9.80 Å². The number of carbonyl (C=O) groups excluding carboxylic acids is 2. The summed E-state index contributed by atoms with van der Waals surface area (Å²) in [4.78, 5) is 33.4. The van der Waals surface area contributed by atoms with Crippen LogP contribution in [0.15, 0.2) is 36.5 Å². The van der Waals surface area contributed by atoms with Gasteiger partial charge in [-0.25, -0.2) is 0 Å². The van der Waals surface area contributed by atoms with Crippen LogP contribution in [0.2, 0.25) is 0 Å². The Kier molecular flexibility index (Phi) is 4.37. The Morgan fingerprint density at radius 2 is 2.16 bits per heavy atom. The maximum absolute atomic E-state index is 12.9. The summed E-state index contributed by atoms with van der Waals surface area (Å²) < 4.78 is 0. The third-order valence-electron chi connectivity index (χ3n) is 5.28. The van der Waals surface area contributed by atoms with Crippen molar-refractivity contribution in [3.05, 3.63) is 42.1 Å². The van der Waals surface area contributed by atoms with Crippen molar-refractivity contribution in [3.63, 3.8) is 0 Å². The maximum Gasteiger partial charge on any atom is 0.254 e.